The van der Waals surface area contributed by atoms with E-state index in [0.29, 0.717) is 6.04 Å². The molecule has 2 unspecified atom stereocenters. The van der Waals surface area contributed by atoms with Crippen molar-refractivity contribution in [2.45, 2.75) is 44.2 Å². The van der Waals surface area contributed by atoms with Gasteiger partial charge in [-0.1, -0.05) is 18.6 Å². The number of hydrogen-bond acceptors (Lipinski definition) is 4. The maximum atomic E-state index is 10.2. The van der Waals surface area contributed by atoms with Crippen molar-refractivity contribution in [2.24, 2.45) is 0 Å². The van der Waals surface area contributed by atoms with Crippen LogP contribution in [0.4, 0.5) is 5.69 Å². The van der Waals surface area contributed by atoms with Crippen molar-refractivity contribution in [3.8, 4) is 0 Å². The molecule has 4 N–H and O–H groups in total. The first-order valence-corrected chi connectivity index (χ1v) is 7.59. The zero-order valence-electron chi connectivity index (χ0n) is 12.0. The van der Waals surface area contributed by atoms with E-state index in [0.717, 1.165) is 37.2 Å². The lowest BCUT2D eigenvalue weighted by molar-refractivity contribution is 0.0891. The molecule has 112 valence electrons. The lowest BCUT2D eigenvalue weighted by Gasteiger charge is -2.36. The topological polar surface area (TPSA) is 69.7 Å². The third kappa shape index (κ3) is 4.20. The number of nitrogen functional groups attached to an aromatic ring is 1. The van der Waals surface area contributed by atoms with Gasteiger partial charge in [-0.2, -0.15) is 0 Å². The highest BCUT2D eigenvalue weighted by Gasteiger charge is 2.22. The van der Waals surface area contributed by atoms with Gasteiger partial charge < -0.3 is 20.8 Å². The fraction of sp³-hybridized carbons (Fsp3) is 0.625. The zero-order chi connectivity index (χ0) is 14.4. The summed E-state index contributed by atoms with van der Waals surface area (Å²) >= 11 is 0. The van der Waals surface area contributed by atoms with E-state index in [2.05, 4.69) is 4.90 Å². The Morgan fingerprint density at radius 3 is 2.70 bits per heavy atom. The first-order valence-electron chi connectivity index (χ1n) is 7.59. The van der Waals surface area contributed by atoms with Gasteiger partial charge in [0.2, 0.25) is 0 Å². The van der Waals surface area contributed by atoms with Gasteiger partial charge in [0.15, 0.2) is 0 Å². The molecule has 0 spiro atoms. The van der Waals surface area contributed by atoms with E-state index >= 15 is 0 Å². The lowest BCUT2D eigenvalue weighted by Crippen LogP contribution is -2.41. The summed E-state index contributed by atoms with van der Waals surface area (Å²) in [5.41, 5.74) is 7.30. The van der Waals surface area contributed by atoms with Crippen LogP contribution in [0.3, 0.4) is 0 Å². The van der Waals surface area contributed by atoms with Crippen LogP contribution in [0.15, 0.2) is 24.3 Å². The summed E-state index contributed by atoms with van der Waals surface area (Å²) in [6.07, 6.45) is 4.77. The molecule has 1 fully saturated rings. The van der Waals surface area contributed by atoms with Gasteiger partial charge in [-0.3, -0.25) is 0 Å². The Morgan fingerprint density at radius 1 is 1.25 bits per heavy atom. The van der Waals surface area contributed by atoms with Crippen molar-refractivity contribution in [3.05, 3.63) is 29.8 Å². The highest BCUT2D eigenvalue weighted by Crippen LogP contribution is 2.23. The maximum Gasteiger partial charge on any atom is 0.0802 e. The fourth-order valence-electron chi connectivity index (χ4n) is 3.00. The molecular formula is C16H26N2O2. The Bertz CT molecular complexity index is 392. The molecule has 2 atom stereocenters. The van der Waals surface area contributed by atoms with Crippen LogP contribution < -0.4 is 5.73 Å². The SMILES string of the molecule is Nc1ccc(C(O)CCN2CCCCC2CCO)cc1. The Kier molecular flexibility index (Phi) is 5.83. The molecule has 0 bridgehead atoms. The van der Waals surface area contributed by atoms with E-state index in [9.17, 15) is 5.11 Å². The number of anilines is 1. The van der Waals surface area contributed by atoms with Crippen molar-refractivity contribution < 1.29 is 10.2 Å². The van der Waals surface area contributed by atoms with Crippen LogP contribution in [0.5, 0.6) is 0 Å². The Hall–Kier alpha value is -1.10. The molecule has 0 aromatic heterocycles. The quantitative estimate of drug-likeness (QED) is 0.695. The first kappa shape index (κ1) is 15.3. The normalized spacial score (nSPS) is 21.8. The summed E-state index contributed by atoms with van der Waals surface area (Å²) in [4.78, 5) is 2.42. The molecule has 4 heteroatoms. The van der Waals surface area contributed by atoms with Crippen molar-refractivity contribution in [2.75, 3.05) is 25.4 Å². The molecule has 1 aliphatic heterocycles. The van der Waals surface area contributed by atoms with Gasteiger partial charge in [0, 0.05) is 24.9 Å². The molecule has 4 nitrogen and oxygen atoms in total. The number of rotatable bonds is 6. The van der Waals surface area contributed by atoms with Gasteiger partial charge in [-0.05, 0) is 49.9 Å². The minimum atomic E-state index is -0.438. The van der Waals surface area contributed by atoms with E-state index in [-0.39, 0.29) is 6.61 Å². The fourth-order valence-corrected chi connectivity index (χ4v) is 3.00. The van der Waals surface area contributed by atoms with Crippen molar-refractivity contribution in [3.63, 3.8) is 0 Å². The second kappa shape index (κ2) is 7.62. The highest BCUT2D eigenvalue weighted by atomic mass is 16.3. The maximum absolute atomic E-state index is 10.2. The summed E-state index contributed by atoms with van der Waals surface area (Å²) in [5, 5.41) is 19.4. The smallest absolute Gasteiger partial charge is 0.0802 e. The predicted octanol–water partition coefficient (Wildman–Crippen LogP) is 1.93. The van der Waals surface area contributed by atoms with Crippen LogP contribution >= 0.6 is 0 Å². The third-order valence-electron chi connectivity index (χ3n) is 4.22. The molecule has 0 aliphatic carbocycles. The number of aliphatic hydroxyl groups is 2. The van der Waals surface area contributed by atoms with E-state index in [1.54, 1.807) is 0 Å². The Balaban J connectivity index is 1.85. The van der Waals surface area contributed by atoms with Gasteiger partial charge in [0.25, 0.3) is 0 Å². The minimum Gasteiger partial charge on any atom is -0.399 e. The summed E-state index contributed by atoms with van der Waals surface area (Å²) in [6, 6.07) is 7.91. The van der Waals surface area contributed by atoms with Crippen molar-refractivity contribution in [1.29, 1.82) is 0 Å². The molecule has 1 aromatic rings. The molecule has 0 saturated carbocycles. The Labute approximate surface area is 121 Å². The number of likely N-dealkylation sites (tertiary alicyclic amines) is 1. The van der Waals surface area contributed by atoms with Crippen LogP contribution in [0.1, 0.15) is 43.8 Å². The molecule has 1 saturated heterocycles. The van der Waals surface area contributed by atoms with Gasteiger partial charge in [-0.15, -0.1) is 0 Å². The molecule has 1 aliphatic rings. The molecule has 1 aromatic carbocycles. The molecule has 2 rings (SSSR count). The standard InChI is InChI=1S/C16H26N2O2/c17-14-6-4-13(5-7-14)16(20)8-11-18-10-2-1-3-15(18)9-12-19/h4-7,15-16,19-20H,1-3,8-12,17H2. The van der Waals surface area contributed by atoms with Gasteiger partial charge in [-0.25, -0.2) is 0 Å². The van der Waals surface area contributed by atoms with Gasteiger partial charge in [0.05, 0.1) is 6.10 Å². The lowest BCUT2D eigenvalue weighted by atomic mass is 9.98. The van der Waals surface area contributed by atoms with Crippen molar-refractivity contribution >= 4 is 5.69 Å². The van der Waals surface area contributed by atoms with E-state index in [1.807, 2.05) is 24.3 Å². The minimum absolute atomic E-state index is 0.252. The number of benzene rings is 1. The predicted molar refractivity (Wildman–Crippen MR) is 81.3 cm³/mol. The summed E-state index contributed by atoms with van der Waals surface area (Å²) in [7, 11) is 0. The van der Waals surface area contributed by atoms with E-state index in [4.69, 9.17) is 10.8 Å². The molecule has 0 amide bonds. The van der Waals surface area contributed by atoms with Crippen molar-refractivity contribution in [1.82, 2.24) is 4.90 Å². The van der Waals surface area contributed by atoms with Gasteiger partial charge in [0.1, 0.15) is 0 Å². The monoisotopic (exact) mass is 278 g/mol. The number of piperidine rings is 1. The molecule has 20 heavy (non-hydrogen) atoms. The first-order chi connectivity index (χ1) is 9.70. The van der Waals surface area contributed by atoms with Crippen LogP contribution in [0, 0.1) is 0 Å². The summed E-state index contributed by atoms with van der Waals surface area (Å²) in [6.45, 7) is 2.22. The average molecular weight is 278 g/mol. The summed E-state index contributed by atoms with van der Waals surface area (Å²) in [5.74, 6) is 0. The molecule has 1 heterocycles. The number of nitrogens with zero attached hydrogens (tertiary/aromatic N) is 1. The molecule has 0 radical (unpaired) electrons. The second-order valence-corrected chi connectivity index (χ2v) is 5.67. The van der Waals surface area contributed by atoms with E-state index < -0.39 is 6.10 Å². The third-order valence-corrected chi connectivity index (χ3v) is 4.22. The van der Waals surface area contributed by atoms with Crippen LogP contribution in [-0.4, -0.2) is 40.9 Å². The molecular weight excluding hydrogens is 252 g/mol. The number of nitrogens with two attached hydrogens (primary N) is 1. The highest BCUT2D eigenvalue weighted by molar-refractivity contribution is 5.39. The second-order valence-electron chi connectivity index (χ2n) is 5.67. The zero-order valence-corrected chi connectivity index (χ0v) is 12.0. The van der Waals surface area contributed by atoms with Crippen LogP contribution in [0.2, 0.25) is 0 Å². The summed E-state index contributed by atoms with van der Waals surface area (Å²) < 4.78 is 0. The van der Waals surface area contributed by atoms with Crippen LogP contribution in [-0.2, 0) is 0 Å². The average Bonchev–Trinajstić information content (AvgIpc) is 2.47. The number of hydrogen-bond donors (Lipinski definition) is 3. The van der Waals surface area contributed by atoms with Crippen LogP contribution in [0.25, 0.3) is 0 Å². The largest absolute Gasteiger partial charge is 0.399 e. The Morgan fingerprint density at radius 2 is 2.00 bits per heavy atom. The number of aliphatic hydroxyl groups excluding tert-OH is 2. The van der Waals surface area contributed by atoms with E-state index in [1.165, 1.54) is 19.3 Å². The van der Waals surface area contributed by atoms with Gasteiger partial charge >= 0.3 is 0 Å².